The van der Waals surface area contributed by atoms with Gasteiger partial charge in [-0.1, -0.05) is 48.6 Å². The van der Waals surface area contributed by atoms with Gasteiger partial charge in [-0.05, 0) is 25.0 Å². The zero-order chi connectivity index (χ0) is 18.7. The van der Waals surface area contributed by atoms with E-state index in [1.165, 1.54) is 11.8 Å². The molecule has 138 valence electrons. The summed E-state index contributed by atoms with van der Waals surface area (Å²) >= 11 is 6.61. The zero-order valence-electron chi connectivity index (χ0n) is 13.9. The van der Waals surface area contributed by atoms with Gasteiger partial charge in [-0.3, -0.25) is 14.3 Å². The molecule has 1 aliphatic heterocycles. The van der Waals surface area contributed by atoms with Crippen LogP contribution < -0.4 is 0 Å². The van der Waals surface area contributed by atoms with Crippen molar-refractivity contribution in [1.82, 2.24) is 9.88 Å². The molecule has 0 spiro atoms. The smallest absolute Gasteiger partial charge is 0.325 e. The molecule has 6 nitrogen and oxygen atoms in total. The lowest BCUT2D eigenvalue weighted by molar-refractivity contribution is -0.122. The Labute approximate surface area is 160 Å². The van der Waals surface area contributed by atoms with Crippen LogP contribution in [-0.4, -0.2) is 42.6 Å². The van der Waals surface area contributed by atoms with E-state index >= 15 is 0 Å². The molecule has 3 rings (SSSR count). The quantitative estimate of drug-likeness (QED) is 0.279. The molecule has 1 saturated heterocycles. The third-order valence-corrected chi connectivity index (χ3v) is 6.39. The molecule has 9 heteroatoms. The lowest BCUT2D eigenvalue weighted by Gasteiger charge is -2.14. The number of hydrogen-bond donors (Lipinski definition) is 3. The number of aromatic amines is 1. The minimum atomic E-state index is -3.94. The van der Waals surface area contributed by atoms with Gasteiger partial charge >= 0.3 is 7.60 Å². The Morgan fingerprint density at radius 3 is 2.77 bits per heavy atom. The molecule has 0 aliphatic carbocycles. The molecule has 2 heterocycles. The molecule has 0 radical (unpaired) electrons. The predicted molar refractivity (Wildman–Crippen MR) is 109 cm³/mol. The van der Waals surface area contributed by atoms with E-state index in [2.05, 4.69) is 4.98 Å². The zero-order valence-corrected chi connectivity index (χ0v) is 16.4. The summed E-state index contributed by atoms with van der Waals surface area (Å²) in [7, 11) is -3.94. The van der Waals surface area contributed by atoms with Crippen LogP contribution in [0.15, 0.2) is 35.4 Å². The van der Waals surface area contributed by atoms with E-state index in [0.717, 1.165) is 16.5 Å². The second-order valence-electron chi connectivity index (χ2n) is 6.07. The number of nitrogens with zero attached hydrogens (tertiary/aromatic N) is 1. The number of hydrogen-bond acceptors (Lipinski definition) is 4. The van der Waals surface area contributed by atoms with Crippen LogP contribution in [0.25, 0.3) is 17.0 Å². The third kappa shape index (κ3) is 4.64. The molecule has 1 aromatic heterocycles. The van der Waals surface area contributed by atoms with Crippen molar-refractivity contribution in [2.45, 2.75) is 19.3 Å². The molecule has 1 amide bonds. The van der Waals surface area contributed by atoms with Crippen LogP contribution in [0.2, 0.25) is 0 Å². The Bertz CT molecular complexity index is 918. The molecule has 1 fully saturated rings. The number of aromatic nitrogens is 1. The van der Waals surface area contributed by atoms with Crippen molar-refractivity contribution in [3.05, 3.63) is 40.9 Å². The van der Waals surface area contributed by atoms with Crippen molar-refractivity contribution in [3.63, 3.8) is 0 Å². The van der Waals surface area contributed by atoms with Crippen LogP contribution in [0.1, 0.15) is 24.8 Å². The Kier molecular flexibility index (Phi) is 5.99. The van der Waals surface area contributed by atoms with Gasteiger partial charge in [-0.2, -0.15) is 0 Å². The third-order valence-electron chi connectivity index (χ3n) is 4.11. The predicted octanol–water partition coefficient (Wildman–Crippen LogP) is 3.72. The molecule has 3 N–H and O–H groups in total. The van der Waals surface area contributed by atoms with Gasteiger partial charge in [-0.25, -0.2) is 0 Å². The highest BCUT2D eigenvalue weighted by atomic mass is 32.2. The lowest BCUT2D eigenvalue weighted by Crippen LogP contribution is -2.29. The highest BCUT2D eigenvalue weighted by molar-refractivity contribution is 8.26. The van der Waals surface area contributed by atoms with E-state index in [4.69, 9.17) is 22.0 Å². The minimum Gasteiger partial charge on any atom is -0.361 e. The van der Waals surface area contributed by atoms with Crippen molar-refractivity contribution in [2.75, 3.05) is 12.7 Å². The largest absolute Gasteiger partial charge is 0.361 e. The number of thiocarbonyl (C=S) groups is 1. The number of carbonyl (C=O) groups is 1. The number of rotatable bonds is 7. The van der Waals surface area contributed by atoms with Gasteiger partial charge in [0.15, 0.2) is 0 Å². The van der Waals surface area contributed by atoms with E-state index < -0.39 is 7.60 Å². The van der Waals surface area contributed by atoms with Gasteiger partial charge in [0, 0.05) is 35.4 Å². The summed E-state index contributed by atoms with van der Waals surface area (Å²) in [5.74, 6) is -0.111. The molecule has 0 saturated carbocycles. The van der Waals surface area contributed by atoms with Gasteiger partial charge in [0.05, 0.1) is 4.91 Å². The van der Waals surface area contributed by atoms with Crippen molar-refractivity contribution in [3.8, 4) is 0 Å². The first-order valence-electron chi connectivity index (χ1n) is 8.21. The number of carbonyl (C=O) groups excluding carboxylic acids is 1. The average molecular weight is 410 g/mol. The number of H-pyrrole nitrogens is 1. The van der Waals surface area contributed by atoms with Crippen LogP contribution in [0.5, 0.6) is 0 Å². The lowest BCUT2D eigenvalue weighted by atomic mass is 10.1. The second kappa shape index (κ2) is 8.06. The first kappa shape index (κ1) is 19.3. The maximum absolute atomic E-state index is 12.6. The van der Waals surface area contributed by atoms with Gasteiger partial charge in [0.1, 0.15) is 4.32 Å². The second-order valence-corrected chi connectivity index (χ2v) is 9.52. The fourth-order valence-corrected chi connectivity index (χ4v) is 4.75. The molecule has 26 heavy (non-hydrogen) atoms. The molecule has 0 unspecified atom stereocenters. The number of nitrogens with one attached hydrogen (secondary N) is 1. The first-order valence-corrected chi connectivity index (χ1v) is 11.2. The van der Waals surface area contributed by atoms with E-state index in [-0.39, 0.29) is 12.1 Å². The van der Waals surface area contributed by atoms with E-state index in [9.17, 15) is 9.36 Å². The molecule has 1 aliphatic rings. The van der Waals surface area contributed by atoms with Gasteiger partial charge in [0.25, 0.3) is 5.91 Å². The van der Waals surface area contributed by atoms with Crippen molar-refractivity contribution < 1.29 is 19.1 Å². The summed E-state index contributed by atoms with van der Waals surface area (Å²) < 4.78 is 11.4. The number of unbranched alkanes of at least 4 members (excludes halogenated alkanes) is 2. The Balaban J connectivity index is 1.62. The summed E-state index contributed by atoms with van der Waals surface area (Å²) in [5.41, 5.74) is 1.96. The Morgan fingerprint density at radius 2 is 2.00 bits per heavy atom. The molecular weight excluding hydrogens is 391 g/mol. The van der Waals surface area contributed by atoms with E-state index in [1.54, 1.807) is 4.90 Å². The maximum atomic E-state index is 12.6. The van der Waals surface area contributed by atoms with E-state index in [0.29, 0.717) is 35.0 Å². The number of thioether (sulfide) groups is 1. The van der Waals surface area contributed by atoms with Crippen molar-refractivity contribution in [2.24, 2.45) is 0 Å². The summed E-state index contributed by atoms with van der Waals surface area (Å²) in [6, 6.07) is 7.89. The van der Waals surface area contributed by atoms with Crippen LogP contribution in [0.4, 0.5) is 0 Å². The topological polar surface area (TPSA) is 93.6 Å². The Hall–Kier alpha value is -1.44. The normalized spacial score (nSPS) is 17.0. The van der Waals surface area contributed by atoms with Crippen LogP contribution in [0, 0.1) is 0 Å². The van der Waals surface area contributed by atoms with Crippen LogP contribution in [-0.2, 0) is 9.36 Å². The summed E-state index contributed by atoms with van der Waals surface area (Å²) in [4.78, 5) is 35.7. The standard InChI is InChI=1S/C17H19N2O4PS2/c20-16-15(10-12-11-18-14-7-3-2-6-13(12)14)26-17(25)19(16)8-4-1-5-9-24(21,22)23/h2-3,6-7,10-11,18H,1,4-5,8-9H2,(H2,21,22,23). The van der Waals surface area contributed by atoms with Crippen LogP contribution >= 0.6 is 31.6 Å². The first-order chi connectivity index (χ1) is 12.3. The number of amides is 1. The molecule has 1 aromatic carbocycles. The fraction of sp³-hybridized carbons (Fsp3) is 0.294. The maximum Gasteiger partial charge on any atom is 0.325 e. The number of benzene rings is 1. The summed E-state index contributed by atoms with van der Waals surface area (Å²) in [6.07, 6.45) is 5.35. The fourth-order valence-electron chi connectivity index (χ4n) is 2.81. The molecule has 0 bridgehead atoms. The molecular formula is C17H19N2O4PS2. The Morgan fingerprint density at radius 1 is 1.23 bits per heavy atom. The highest BCUT2D eigenvalue weighted by Gasteiger charge is 2.31. The monoisotopic (exact) mass is 410 g/mol. The van der Waals surface area contributed by atoms with Gasteiger partial charge in [0.2, 0.25) is 0 Å². The highest BCUT2D eigenvalue weighted by Crippen LogP contribution is 2.36. The molecule has 0 atom stereocenters. The SMILES string of the molecule is O=C1C(=Cc2c[nH]c3ccccc23)SC(=S)N1CCCCCP(=O)(O)O. The van der Waals surface area contributed by atoms with Gasteiger partial charge < -0.3 is 14.8 Å². The van der Waals surface area contributed by atoms with E-state index in [1.807, 2.05) is 36.5 Å². The van der Waals surface area contributed by atoms with Crippen LogP contribution in [0.3, 0.4) is 0 Å². The molecule has 2 aromatic rings. The van der Waals surface area contributed by atoms with Crippen molar-refractivity contribution >= 4 is 58.8 Å². The summed E-state index contributed by atoms with van der Waals surface area (Å²) in [6.45, 7) is 0.469. The number of para-hydroxylation sites is 1. The number of fused-ring (bicyclic) bond motifs is 1. The average Bonchev–Trinajstić information content (AvgIpc) is 3.10. The van der Waals surface area contributed by atoms with Crippen molar-refractivity contribution in [1.29, 1.82) is 0 Å². The minimum absolute atomic E-state index is 0.111. The summed E-state index contributed by atoms with van der Waals surface area (Å²) in [5, 5.41) is 1.05. The van der Waals surface area contributed by atoms with Gasteiger partial charge in [-0.15, -0.1) is 0 Å².